The van der Waals surface area contributed by atoms with Crippen LogP contribution in [0.2, 0.25) is 0 Å². The third-order valence-corrected chi connectivity index (χ3v) is 3.37. The summed E-state index contributed by atoms with van der Waals surface area (Å²) in [5.41, 5.74) is 9.14. The molecule has 0 radical (unpaired) electrons. The number of nitrogen functional groups attached to an aromatic ring is 1. The van der Waals surface area contributed by atoms with E-state index in [0.717, 1.165) is 22.0 Å². The Labute approximate surface area is 134 Å². The van der Waals surface area contributed by atoms with Gasteiger partial charge in [-0.05, 0) is 49.2 Å². The van der Waals surface area contributed by atoms with E-state index in [-0.39, 0.29) is 12.1 Å². The first-order valence-corrected chi connectivity index (χ1v) is 7.31. The van der Waals surface area contributed by atoms with Crippen LogP contribution in [0, 0.1) is 11.3 Å². The van der Waals surface area contributed by atoms with Gasteiger partial charge in [-0.1, -0.05) is 18.2 Å². The van der Waals surface area contributed by atoms with Gasteiger partial charge >= 0.3 is 0 Å². The molecule has 0 amide bonds. The van der Waals surface area contributed by atoms with E-state index in [1.807, 2.05) is 44.2 Å². The van der Waals surface area contributed by atoms with E-state index in [0.29, 0.717) is 11.4 Å². The SMILES string of the molecule is CC(C)Oc1nc(N)nc2ccc(-c3ccc(C#N)cc3)cc12. The Hall–Kier alpha value is -3.13. The first kappa shape index (κ1) is 14.8. The average Bonchev–Trinajstić information content (AvgIpc) is 2.54. The molecule has 2 aromatic carbocycles. The zero-order valence-corrected chi connectivity index (χ0v) is 12.9. The zero-order chi connectivity index (χ0) is 16.4. The lowest BCUT2D eigenvalue weighted by atomic mass is 10.0. The summed E-state index contributed by atoms with van der Waals surface area (Å²) >= 11 is 0. The van der Waals surface area contributed by atoms with Crippen molar-refractivity contribution in [2.45, 2.75) is 20.0 Å². The molecule has 0 atom stereocenters. The lowest BCUT2D eigenvalue weighted by Gasteiger charge is -2.12. The van der Waals surface area contributed by atoms with Crippen molar-refractivity contribution < 1.29 is 4.74 Å². The molecule has 2 N–H and O–H groups in total. The number of ether oxygens (including phenoxy) is 1. The fourth-order valence-corrected chi connectivity index (χ4v) is 2.35. The molecule has 0 fully saturated rings. The Morgan fingerprint density at radius 3 is 2.39 bits per heavy atom. The number of aromatic nitrogens is 2. The molecule has 5 nitrogen and oxygen atoms in total. The van der Waals surface area contributed by atoms with Crippen molar-refractivity contribution in [2.24, 2.45) is 0 Å². The van der Waals surface area contributed by atoms with Crippen molar-refractivity contribution in [3.8, 4) is 23.1 Å². The van der Waals surface area contributed by atoms with Gasteiger partial charge in [-0.25, -0.2) is 4.98 Å². The van der Waals surface area contributed by atoms with Crippen molar-refractivity contribution >= 4 is 16.9 Å². The lowest BCUT2D eigenvalue weighted by Crippen LogP contribution is -2.09. The standard InChI is InChI=1S/C18H16N4O/c1-11(2)23-17-15-9-14(7-8-16(15)21-18(20)22-17)13-5-3-12(10-19)4-6-13/h3-9,11H,1-2H3,(H2,20,21,22). The van der Waals surface area contributed by atoms with Gasteiger partial charge in [0.2, 0.25) is 11.8 Å². The van der Waals surface area contributed by atoms with Crippen molar-refractivity contribution in [1.29, 1.82) is 5.26 Å². The number of nitrogens with zero attached hydrogens (tertiary/aromatic N) is 3. The van der Waals surface area contributed by atoms with E-state index in [9.17, 15) is 0 Å². The Morgan fingerprint density at radius 2 is 1.74 bits per heavy atom. The number of nitrogens with two attached hydrogens (primary N) is 1. The Morgan fingerprint density at radius 1 is 1.04 bits per heavy atom. The summed E-state index contributed by atoms with van der Waals surface area (Å²) in [6.07, 6.45) is -0.00827. The Bertz CT molecular complexity index is 895. The maximum atomic E-state index is 8.89. The maximum absolute atomic E-state index is 8.89. The molecule has 0 aliphatic carbocycles. The van der Waals surface area contributed by atoms with E-state index in [1.54, 1.807) is 12.1 Å². The monoisotopic (exact) mass is 304 g/mol. The molecular formula is C18H16N4O. The lowest BCUT2D eigenvalue weighted by molar-refractivity contribution is 0.236. The van der Waals surface area contributed by atoms with Crippen LogP contribution in [-0.2, 0) is 0 Å². The fourth-order valence-electron chi connectivity index (χ4n) is 2.35. The molecule has 0 saturated heterocycles. The highest BCUT2D eigenvalue weighted by Crippen LogP contribution is 2.29. The summed E-state index contributed by atoms with van der Waals surface area (Å²) in [6, 6.07) is 15.4. The Kier molecular flexibility index (Phi) is 3.82. The number of benzene rings is 2. The quantitative estimate of drug-likeness (QED) is 0.800. The molecule has 0 bridgehead atoms. The number of anilines is 1. The van der Waals surface area contributed by atoms with Crippen LogP contribution < -0.4 is 10.5 Å². The largest absolute Gasteiger partial charge is 0.474 e. The number of fused-ring (bicyclic) bond motifs is 1. The van der Waals surface area contributed by atoms with E-state index < -0.39 is 0 Å². The molecule has 1 heterocycles. The zero-order valence-electron chi connectivity index (χ0n) is 12.9. The molecule has 0 saturated carbocycles. The van der Waals surface area contributed by atoms with Crippen LogP contribution in [-0.4, -0.2) is 16.1 Å². The minimum absolute atomic E-state index is 0.00827. The van der Waals surface area contributed by atoms with Crippen LogP contribution in [0.3, 0.4) is 0 Å². The summed E-state index contributed by atoms with van der Waals surface area (Å²) < 4.78 is 5.76. The topological polar surface area (TPSA) is 84.8 Å². The molecule has 5 heteroatoms. The van der Waals surface area contributed by atoms with E-state index in [2.05, 4.69) is 16.0 Å². The molecular weight excluding hydrogens is 288 g/mol. The highest BCUT2D eigenvalue weighted by atomic mass is 16.5. The van der Waals surface area contributed by atoms with Crippen molar-refractivity contribution in [3.63, 3.8) is 0 Å². The van der Waals surface area contributed by atoms with Gasteiger partial charge in [0.25, 0.3) is 0 Å². The summed E-state index contributed by atoms with van der Waals surface area (Å²) in [5, 5.41) is 9.71. The second-order valence-electron chi connectivity index (χ2n) is 5.47. The molecule has 0 aliphatic heterocycles. The fraction of sp³-hybridized carbons (Fsp3) is 0.167. The second kappa shape index (κ2) is 5.93. The van der Waals surface area contributed by atoms with Gasteiger partial charge < -0.3 is 10.5 Å². The van der Waals surface area contributed by atoms with Gasteiger partial charge in [0.15, 0.2) is 0 Å². The summed E-state index contributed by atoms with van der Waals surface area (Å²) in [5.74, 6) is 0.678. The van der Waals surface area contributed by atoms with Crippen LogP contribution in [0.5, 0.6) is 5.88 Å². The molecule has 0 aliphatic rings. The minimum atomic E-state index is -0.00827. The first-order chi connectivity index (χ1) is 11.1. The summed E-state index contributed by atoms with van der Waals surface area (Å²) in [4.78, 5) is 8.45. The van der Waals surface area contributed by atoms with E-state index in [1.165, 1.54) is 0 Å². The summed E-state index contributed by atoms with van der Waals surface area (Å²) in [7, 11) is 0. The smallest absolute Gasteiger partial charge is 0.226 e. The maximum Gasteiger partial charge on any atom is 0.226 e. The van der Waals surface area contributed by atoms with Crippen LogP contribution in [0.25, 0.3) is 22.0 Å². The normalized spacial score (nSPS) is 10.7. The van der Waals surface area contributed by atoms with Gasteiger partial charge in [-0.15, -0.1) is 0 Å². The molecule has 3 rings (SSSR count). The van der Waals surface area contributed by atoms with E-state index in [4.69, 9.17) is 15.7 Å². The van der Waals surface area contributed by atoms with Gasteiger partial charge in [-0.2, -0.15) is 10.2 Å². The number of rotatable bonds is 3. The Balaban J connectivity index is 2.13. The first-order valence-electron chi connectivity index (χ1n) is 7.31. The van der Waals surface area contributed by atoms with Crippen molar-refractivity contribution in [2.75, 3.05) is 5.73 Å². The van der Waals surface area contributed by atoms with Crippen LogP contribution in [0.4, 0.5) is 5.95 Å². The molecule has 23 heavy (non-hydrogen) atoms. The molecule has 114 valence electrons. The van der Waals surface area contributed by atoms with Crippen molar-refractivity contribution in [3.05, 3.63) is 48.0 Å². The highest BCUT2D eigenvalue weighted by molar-refractivity contribution is 5.89. The third kappa shape index (κ3) is 3.06. The number of nitriles is 1. The van der Waals surface area contributed by atoms with Crippen LogP contribution in [0.15, 0.2) is 42.5 Å². The predicted molar refractivity (Wildman–Crippen MR) is 89.9 cm³/mol. The van der Waals surface area contributed by atoms with Crippen LogP contribution in [0.1, 0.15) is 19.4 Å². The predicted octanol–water partition coefficient (Wildman–Crippen LogP) is 3.54. The van der Waals surface area contributed by atoms with Gasteiger partial charge in [-0.3, -0.25) is 0 Å². The van der Waals surface area contributed by atoms with Crippen molar-refractivity contribution in [1.82, 2.24) is 9.97 Å². The van der Waals surface area contributed by atoms with Gasteiger partial charge in [0.1, 0.15) is 0 Å². The van der Waals surface area contributed by atoms with E-state index >= 15 is 0 Å². The number of hydrogen-bond donors (Lipinski definition) is 1. The minimum Gasteiger partial charge on any atom is -0.474 e. The second-order valence-corrected chi connectivity index (χ2v) is 5.47. The number of hydrogen-bond acceptors (Lipinski definition) is 5. The molecule has 3 aromatic rings. The third-order valence-electron chi connectivity index (χ3n) is 3.37. The average molecular weight is 304 g/mol. The van der Waals surface area contributed by atoms with Gasteiger partial charge in [0.05, 0.1) is 28.6 Å². The molecule has 0 spiro atoms. The molecule has 1 aromatic heterocycles. The van der Waals surface area contributed by atoms with Crippen LogP contribution >= 0.6 is 0 Å². The molecule has 0 unspecified atom stereocenters. The van der Waals surface area contributed by atoms with Gasteiger partial charge in [0, 0.05) is 0 Å². The summed E-state index contributed by atoms with van der Waals surface area (Å²) in [6.45, 7) is 3.88. The highest BCUT2D eigenvalue weighted by Gasteiger charge is 2.10.